The smallest absolute Gasteiger partial charge is 0.280 e. The number of rotatable bonds is 6. The molecule has 4 rings (SSSR count). The van der Waals surface area contributed by atoms with Crippen LogP contribution in [0.4, 0.5) is 5.95 Å². The Hall–Kier alpha value is -3.32. The predicted molar refractivity (Wildman–Crippen MR) is 106 cm³/mol. The molecule has 12 heteroatoms. The average Bonchev–Trinajstić information content (AvgIpc) is 3.28. The molecule has 1 aliphatic heterocycles. The largest absolute Gasteiger partial charge is 0.484 e. The Labute approximate surface area is 175 Å². The molecule has 0 unspecified atom stereocenters. The summed E-state index contributed by atoms with van der Waals surface area (Å²) in [5, 5.41) is 31.9. The van der Waals surface area contributed by atoms with Crippen LogP contribution in [0.25, 0.3) is 11.2 Å². The number of aromatic nitrogens is 4. The van der Waals surface area contributed by atoms with E-state index in [-0.39, 0.29) is 23.7 Å². The summed E-state index contributed by atoms with van der Waals surface area (Å²) in [7, 11) is 0. The molecule has 0 saturated carbocycles. The summed E-state index contributed by atoms with van der Waals surface area (Å²) in [5.74, 6) is -0.179. The third-order valence-corrected chi connectivity index (χ3v) is 4.84. The molecule has 1 aliphatic rings. The van der Waals surface area contributed by atoms with Gasteiger partial charge in [0.15, 0.2) is 24.0 Å². The fourth-order valence-electron chi connectivity index (χ4n) is 3.30. The number of hydrogen-bond acceptors (Lipinski definition) is 9. The van der Waals surface area contributed by atoms with Gasteiger partial charge in [-0.05, 0) is 24.6 Å². The Morgan fingerprint density at radius 2 is 2.16 bits per heavy atom. The first-order valence-electron chi connectivity index (χ1n) is 9.46. The molecule has 0 spiro atoms. The van der Waals surface area contributed by atoms with E-state index in [9.17, 15) is 24.9 Å². The summed E-state index contributed by atoms with van der Waals surface area (Å²) in [5.41, 5.74) is 0.332. The van der Waals surface area contributed by atoms with Crippen LogP contribution in [0.5, 0.6) is 5.75 Å². The molecule has 5 N–H and O–H groups in total. The maximum Gasteiger partial charge on any atom is 0.280 e. The molecule has 1 fully saturated rings. The van der Waals surface area contributed by atoms with Crippen LogP contribution in [-0.4, -0.2) is 72.3 Å². The van der Waals surface area contributed by atoms with Gasteiger partial charge in [-0.3, -0.25) is 24.5 Å². The van der Waals surface area contributed by atoms with E-state index in [1.807, 2.05) is 13.0 Å². The van der Waals surface area contributed by atoms with E-state index < -0.39 is 42.6 Å². The van der Waals surface area contributed by atoms with Crippen LogP contribution in [0.3, 0.4) is 0 Å². The molecule has 1 saturated heterocycles. The summed E-state index contributed by atoms with van der Waals surface area (Å²) in [6.07, 6.45) is -3.61. The van der Waals surface area contributed by atoms with E-state index >= 15 is 0 Å². The molecular weight excluding hydrogens is 410 g/mol. The van der Waals surface area contributed by atoms with E-state index in [4.69, 9.17) is 9.47 Å². The number of aryl methyl sites for hydroxylation is 1. The fraction of sp³-hybridized carbons (Fsp3) is 0.368. The number of amides is 1. The van der Waals surface area contributed by atoms with Gasteiger partial charge in [-0.1, -0.05) is 12.1 Å². The zero-order valence-corrected chi connectivity index (χ0v) is 16.4. The highest BCUT2D eigenvalue weighted by Gasteiger charge is 2.44. The number of nitrogens with one attached hydrogen (secondary N) is 2. The van der Waals surface area contributed by atoms with Gasteiger partial charge in [0.2, 0.25) is 5.95 Å². The van der Waals surface area contributed by atoms with Crippen molar-refractivity contribution in [3.8, 4) is 5.75 Å². The average molecular weight is 431 g/mol. The first kappa shape index (κ1) is 20.9. The number of carbonyl (C=O) groups excluding carboxylic acids is 1. The second-order valence-corrected chi connectivity index (χ2v) is 7.12. The number of nitrogens with zero attached hydrogens (tertiary/aromatic N) is 3. The lowest BCUT2D eigenvalue weighted by Crippen LogP contribution is -2.33. The third kappa shape index (κ3) is 4.14. The van der Waals surface area contributed by atoms with Crippen molar-refractivity contribution in [3.05, 3.63) is 46.5 Å². The zero-order chi connectivity index (χ0) is 22.1. The van der Waals surface area contributed by atoms with Crippen LogP contribution in [0.2, 0.25) is 0 Å². The fourth-order valence-corrected chi connectivity index (χ4v) is 3.30. The summed E-state index contributed by atoms with van der Waals surface area (Å²) in [6, 6.07) is 7.19. The molecule has 3 heterocycles. The van der Waals surface area contributed by atoms with E-state index in [2.05, 4.69) is 20.3 Å². The van der Waals surface area contributed by atoms with Gasteiger partial charge in [0.1, 0.15) is 24.1 Å². The maximum atomic E-state index is 12.3. The number of anilines is 1. The van der Waals surface area contributed by atoms with Crippen LogP contribution in [0.15, 0.2) is 35.4 Å². The number of aromatic amines is 1. The van der Waals surface area contributed by atoms with E-state index in [1.54, 1.807) is 18.2 Å². The van der Waals surface area contributed by atoms with Gasteiger partial charge in [0.25, 0.3) is 11.5 Å². The summed E-state index contributed by atoms with van der Waals surface area (Å²) < 4.78 is 12.1. The van der Waals surface area contributed by atoms with Crippen LogP contribution < -0.4 is 15.6 Å². The van der Waals surface area contributed by atoms with Crippen molar-refractivity contribution >= 4 is 23.0 Å². The molecule has 0 bridgehead atoms. The van der Waals surface area contributed by atoms with Crippen molar-refractivity contribution in [2.45, 2.75) is 31.5 Å². The Morgan fingerprint density at radius 1 is 1.35 bits per heavy atom. The van der Waals surface area contributed by atoms with Crippen LogP contribution in [-0.2, 0) is 9.53 Å². The number of H-pyrrole nitrogens is 1. The monoisotopic (exact) mass is 431 g/mol. The number of carbonyl (C=O) groups is 1. The van der Waals surface area contributed by atoms with E-state index in [1.165, 1.54) is 10.9 Å². The molecule has 0 aliphatic carbocycles. The summed E-state index contributed by atoms with van der Waals surface area (Å²) in [4.78, 5) is 35.1. The van der Waals surface area contributed by atoms with Crippen LogP contribution in [0, 0.1) is 6.92 Å². The normalized spacial score (nSPS) is 23.2. The van der Waals surface area contributed by atoms with Crippen LogP contribution in [0.1, 0.15) is 11.8 Å². The summed E-state index contributed by atoms with van der Waals surface area (Å²) >= 11 is 0. The molecule has 3 aromatic rings. The van der Waals surface area contributed by atoms with Crippen molar-refractivity contribution in [2.24, 2.45) is 0 Å². The van der Waals surface area contributed by atoms with Gasteiger partial charge in [0.05, 0.1) is 12.9 Å². The number of ether oxygens (including phenoxy) is 2. The first-order valence-corrected chi connectivity index (χ1v) is 9.46. The van der Waals surface area contributed by atoms with Gasteiger partial charge < -0.3 is 24.8 Å². The lowest BCUT2D eigenvalue weighted by Gasteiger charge is -2.16. The van der Waals surface area contributed by atoms with Gasteiger partial charge in [-0.2, -0.15) is 4.98 Å². The highest BCUT2D eigenvalue weighted by molar-refractivity contribution is 5.90. The molecule has 4 atom stereocenters. The number of fused-ring (bicyclic) bond motifs is 1. The van der Waals surface area contributed by atoms with Crippen molar-refractivity contribution in [1.29, 1.82) is 0 Å². The molecule has 164 valence electrons. The third-order valence-electron chi connectivity index (χ3n) is 4.84. The van der Waals surface area contributed by atoms with Crippen molar-refractivity contribution in [2.75, 3.05) is 18.5 Å². The maximum absolute atomic E-state index is 12.3. The molecule has 1 aromatic carbocycles. The molecule has 12 nitrogen and oxygen atoms in total. The van der Waals surface area contributed by atoms with Crippen molar-refractivity contribution in [1.82, 2.24) is 19.5 Å². The van der Waals surface area contributed by atoms with Gasteiger partial charge in [-0.25, -0.2) is 4.98 Å². The molecule has 31 heavy (non-hydrogen) atoms. The van der Waals surface area contributed by atoms with Gasteiger partial charge in [0, 0.05) is 0 Å². The molecule has 2 aromatic heterocycles. The number of imidazole rings is 1. The van der Waals surface area contributed by atoms with Gasteiger partial charge >= 0.3 is 0 Å². The number of aliphatic hydroxyl groups excluding tert-OH is 3. The number of benzene rings is 1. The lowest BCUT2D eigenvalue weighted by atomic mass is 10.1. The predicted octanol–water partition coefficient (Wildman–Crippen LogP) is -0.943. The minimum atomic E-state index is -1.38. The summed E-state index contributed by atoms with van der Waals surface area (Å²) in [6.45, 7) is 1.09. The SMILES string of the molecule is Cc1cccc(OCC(=O)Nc2nc3c(ncn3[C@@H]3O[C@H](CO)[C@@H](O)[C@@H]3O)c(=O)[nH]2)c1. The van der Waals surface area contributed by atoms with Crippen molar-refractivity contribution < 1.29 is 29.6 Å². The topological polar surface area (TPSA) is 172 Å². The second kappa shape index (κ2) is 8.43. The van der Waals surface area contributed by atoms with E-state index in [0.29, 0.717) is 5.75 Å². The molecular formula is C19H21N5O7. The highest BCUT2D eigenvalue weighted by atomic mass is 16.6. The second-order valence-electron chi connectivity index (χ2n) is 7.12. The van der Waals surface area contributed by atoms with Crippen molar-refractivity contribution in [3.63, 3.8) is 0 Å². The Balaban J connectivity index is 1.54. The quantitative estimate of drug-likeness (QED) is 0.330. The number of aliphatic hydroxyl groups is 3. The highest BCUT2D eigenvalue weighted by Crippen LogP contribution is 2.30. The Bertz CT molecular complexity index is 1160. The van der Waals surface area contributed by atoms with E-state index in [0.717, 1.165) is 5.56 Å². The zero-order valence-electron chi connectivity index (χ0n) is 16.4. The number of hydrogen-bond donors (Lipinski definition) is 5. The minimum absolute atomic E-state index is 0.0218. The standard InChI is InChI=1S/C19H21N5O7/c1-9-3-2-4-10(5-9)30-7-12(26)21-19-22-16-13(17(29)23-19)20-8-24(16)18-15(28)14(27)11(6-25)31-18/h2-5,8,11,14-15,18,25,27-28H,6-7H2,1H3,(H2,21,22,23,26,29)/t11-,14-,15+,18-/m1/s1. The Kier molecular flexibility index (Phi) is 5.69. The molecule has 1 amide bonds. The Morgan fingerprint density at radius 3 is 2.87 bits per heavy atom. The lowest BCUT2D eigenvalue weighted by molar-refractivity contribution is -0.118. The minimum Gasteiger partial charge on any atom is -0.484 e. The van der Waals surface area contributed by atoms with Crippen LogP contribution >= 0.6 is 0 Å². The first-order chi connectivity index (χ1) is 14.9. The van der Waals surface area contributed by atoms with Gasteiger partial charge in [-0.15, -0.1) is 0 Å². The molecule has 0 radical (unpaired) electrons.